The molecule has 0 aliphatic carbocycles. The van der Waals surface area contributed by atoms with Gasteiger partial charge in [0.2, 0.25) is 10.9 Å². The van der Waals surface area contributed by atoms with Crippen molar-refractivity contribution in [3.05, 3.63) is 69.9 Å². The highest BCUT2D eigenvalue weighted by Gasteiger charge is 2.14. The second-order valence-electron chi connectivity index (χ2n) is 6.09. The number of aromatic nitrogens is 2. The van der Waals surface area contributed by atoms with E-state index in [1.165, 1.54) is 18.2 Å². The Bertz CT molecular complexity index is 1030. The molecule has 3 rings (SSSR count). The minimum absolute atomic E-state index is 0.0392. The van der Waals surface area contributed by atoms with E-state index in [2.05, 4.69) is 20.8 Å². The normalized spacial score (nSPS) is 10.5. The number of hydrogen-bond donors (Lipinski definition) is 2. The van der Waals surface area contributed by atoms with Gasteiger partial charge in [-0.2, -0.15) is 0 Å². The minimum Gasteiger partial charge on any atom is -0.497 e. The number of carbonyl (C=O) groups is 2. The van der Waals surface area contributed by atoms with Gasteiger partial charge in [-0.25, -0.2) is 4.39 Å². The summed E-state index contributed by atoms with van der Waals surface area (Å²) in [5.74, 6) is -0.526. The Hall–Kier alpha value is -3.37. The van der Waals surface area contributed by atoms with Gasteiger partial charge in [-0.05, 0) is 35.9 Å². The van der Waals surface area contributed by atoms with E-state index in [1.807, 2.05) is 24.3 Å². The molecule has 0 spiro atoms. The van der Waals surface area contributed by atoms with Crippen molar-refractivity contribution >= 4 is 28.8 Å². The van der Waals surface area contributed by atoms with E-state index in [0.717, 1.165) is 16.9 Å². The third-order valence-electron chi connectivity index (χ3n) is 3.83. The largest absolute Gasteiger partial charge is 0.497 e. The van der Waals surface area contributed by atoms with Crippen molar-refractivity contribution in [1.82, 2.24) is 15.5 Å². The number of amides is 2. The molecular formula is C20H19FN4O4S. The van der Waals surface area contributed by atoms with E-state index in [9.17, 15) is 14.0 Å². The zero-order valence-corrected chi connectivity index (χ0v) is 16.9. The first-order chi connectivity index (χ1) is 14.5. The maximum absolute atomic E-state index is 13.2. The summed E-state index contributed by atoms with van der Waals surface area (Å²) in [4.78, 5) is 24.1. The molecule has 0 aliphatic heterocycles. The number of anilines is 1. The van der Waals surface area contributed by atoms with Crippen LogP contribution in [-0.4, -0.2) is 35.7 Å². The lowest BCUT2D eigenvalue weighted by Crippen LogP contribution is -2.27. The third-order valence-corrected chi connectivity index (χ3v) is 4.72. The van der Waals surface area contributed by atoms with Crippen molar-refractivity contribution in [1.29, 1.82) is 0 Å². The summed E-state index contributed by atoms with van der Waals surface area (Å²) < 4.78 is 23.7. The van der Waals surface area contributed by atoms with Crippen LogP contribution >= 0.6 is 11.3 Å². The first-order valence-electron chi connectivity index (χ1n) is 8.90. The van der Waals surface area contributed by atoms with Crippen LogP contribution in [0, 0.1) is 5.82 Å². The fourth-order valence-corrected chi connectivity index (χ4v) is 3.09. The van der Waals surface area contributed by atoms with Crippen LogP contribution in [0.15, 0.2) is 48.5 Å². The Labute approximate surface area is 176 Å². The Morgan fingerprint density at radius 2 is 1.97 bits per heavy atom. The van der Waals surface area contributed by atoms with Gasteiger partial charge in [-0.3, -0.25) is 9.59 Å². The molecule has 2 N–H and O–H groups in total. The Balaban J connectivity index is 1.41. The zero-order chi connectivity index (χ0) is 21.3. The van der Waals surface area contributed by atoms with Crippen molar-refractivity contribution in [2.75, 3.05) is 19.0 Å². The van der Waals surface area contributed by atoms with Crippen molar-refractivity contribution in [2.45, 2.75) is 13.2 Å². The smallest absolute Gasteiger partial charge is 0.286 e. The van der Waals surface area contributed by atoms with E-state index in [4.69, 9.17) is 9.47 Å². The lowest BCUT2D eigenvalue weighted by Gasteiger charge is -2.07. The summed E-state index contributed by atoms with van der Waals surface area (Å²) >= 11 is 1.03. The quantitative estimate of drug-likeness (QED) is 0.541. The molecule has 0 fully saturated rings. The zero-order valence-electron chi connectivity index (χ0n) is 16.1. The molecule has 1 heterocycles. The van der Waals surface area contributed by atoms with Crippen molar-refractivity contribution in [2.24, 2.45) is 0 Å². The predicted molar refractivity (Wildman–Crippen MR) is 109 cm³/mol. The molecule has 0 saturated carbocycles. The fourth-order valence-electron chi connectivity index (χ4n) is 2.42. The average molecular weight is 430 g/mol. The topological polar surface area (TPSA) is 102 Å². The number of rotatable bonds is 9. The summed E-state index contributed by atoms with van der Waals surface area (Å²) in [5.41, 5.74) is 1.22. The predicted octanol–water partition coefficient (Wildman–Crippen LogP) is 2.77. The van der Waals surface area contributed by atoms with E-state index in [-0.39, 0.29) is 24.1 Å². The molecule has 0 atom stereocenters. The summed E-state index contributed by atoms with van der Waals surface area (Å²) in [6.07, 6.45) is 0. The standard InChI is InChI=1S/C20H19FN4O4S/c1-28-16-7-2-4-13(8-16)10-22-17(26)11-29-12-18-24-25-20(30-18)19(27)23-15-6-3-5-14(21)9-15/h2-9H,10-12H2,1H3,(H,22,26)(H,23,27). The lowest BCUT2D eigenvalue weighted by molar-refractivity contribution is -0.126. The van der Waals surface area contributed by atoms with E-state index < -0.39 is 11.7 Å². The van der Waals surface area contributed by atoms with Crippen molar-refractivity contribution in [3.8, 4) is 5.75 Å². The Morgan fingerprint density at radius 3 is 2.77 bits per heavy atom. The summed E-state index contributed by atoms with van der Waals surface area (Å²) in [6.45, 7) is 0.231. The number of hydrogen-bond acceptors (Lipinski definition) is 7. The summed E-state index contributed by atoms with van der Waals surface area (Å²) in [5, 5.41) is 13.5. The Kier molecular flexibility index (Phi) is 7.41. The van der Waals surface area contributed by atoms with Gasteiger partial charge >= 0.3 is 0 Å². The highest BCUT2D eigenvalue weighted by Crippen LogP contribution is 2.15. The highest BCUT2D eigenvalue weighted by molar-refractivity contribution is 7.13. The minimum atomic E-state index is -0.500. The number of nitrogens with one attached hydrogen (secondary N) is 2. The number of benzene rings is 2. The van der Waals surface area contributed by atoms with Crippen LogP contribution in [-0.2, 0) is 22.7 Å². The van der Waals surface area contributed by atoms with E-state index in [0.29, 0.717) is 23.0 Å². The van der Waals surface area contributed by atoms with Crippen LogP contribution in [0.3, 0.4) is 0 Å². The fraction of sp³-hybridized carbons (Fsp3) is 0.200. The average Bonchev–Trinajstić information content (AvgIpc) is 3.21. The number of carbonyl (C=O) groups excluding carboxylic acids is 2. The number of methoxy groups -OCH3 is 1. The number of nitrogens with zero attached hydrogens (tertiary/aromatic N) is 2. The van der Waals surface area contributed by atoms with Crippen LogP contribution in [0.2, 0.25) is 0 Å². The van der Waals surface area contributed by atoms with Gasteiger partial charge in [0.25, 0.3) is 5.91 Å². The highest BCUT2D eigenvalue weighted by atomic mass is 32.1. The molecule has 156 valence electrons. The van der Waals surface area contributed by atoms with Gasteiger partial charge < -0.3 is 20.1 Å². The molecule has 1 aromatic heterocycles. The Morgan fingerprint density at radius 1 is 1.13 bits per heavy atom. The lowest BCUT2D eigenvalue weighted by atomic mass is 10.2. The molecular weight excluding hydrogens is 411 g/mol. The number of halogens is 1. The van der Waals surface area contributed by atoms with Crippen LogP contribution in [0.25, 0.3) is 0 Å². The molecule has 0 aliphatic rings. The van der Waals surface area contributed by atoms with Crippen LogP contribution in [0.5, 0.6) is 5.75 Å². The van der Waals surface area contributed by atoms with Gasteiger partial charge in [0.05, 0.1) is 7.11 Å². The molecule has 3 aromatic rings. The maximum Gasteiger partial charge on any atom is 0.286 e. The SMILES string of the molecule is COc1cccc(CNC(=O)COCc2nnc(C(=O)Nc3cccc(F)c3)s2)c1. The molecule has 0 saturated heterocycles. The van der Waals surface area contributed by atoms with Crippen LogP contribution in [0.4, 0.5) is 10.1 Å². The van der Waals surface area contributed by atoms with E-state index in [1.54, 1.807) is 13.2 Å². The first kappa shape index (κ1) is 21.3. The van der Waals surface area contributed by atoms with Gasteiger partial charge in [-0.1, -0.05) is 29.5 Å². The van der Waals surface area contributed by atoms with Gasteiger partial charge in [0.15, 0.2) is 0 Å². The van der Waals surface area contributed by atoms with Crippen molar-refractivity contribution in [3.63, 3.8) is 0 Å². The monoisotopic (exact) mass is 430 g/mol. The van der Waals surface area contributed by atoms with Crippen LogP contribution < -0.4 is 15.4 Å². The molecule has 0 bridgehead atoms. The third kappa shape index (κ3) is 6.33. The van der Waals surface area contributed by atoms with Crippen LogP contribution in [0.1, 0.15) is 20.4 Å². The molecule has 2 amide bonds. The van der Waals surface area contributed by atoms with Gasteiger partial charge in [0, 0.05) is 12.2 Å². The molecule has 0 radical (unpaired) electrons. The number of ether oxygens (including phenoxy) is 2. The summed E-state index contributed by atoms with van der Waals surface area (Å²) in [7, 11) is 1.58. The van der Waals surface area contributed by atoms with Gasteiger partial charge in [-0.15, -0.1) is 10.2 Å². The summed E-state index contributed by atoms with van der Waals surface area (Å²) in [6, 6.07) is 12.9. The van der Waals surface area contributed by atoms with Crippen molar-refractivity contribution < 1.29 is 23.5 Å². The van der Waals surface area contributed by atoms with E-state index >= 15 is 0 Å². The first-order valence-corrected chi connectivity index (χ1v) is 9.72. The molecule has 8 nitrogen and oxygen atoms in total. The maximum atomic E-state index is 13.2. The molecule has 0 unspecified atom stereocenters. The molecule has 30 heavy (non-hydrogen) atoms. The second kappa shape index (κ2) is 10.4. The molecule has 2 aromatic carbocycles. The second-order valence-corrected chi connectivity index (χ2v) is 7.15. The van der Waals surface area contributed by atoms with Gasteiger partial charge in [0.1, 0.15) is 29.8 Å². The molecule has 10 heteroatoms.